The number of nitrogens with zero attached hydrogens (tertiary/aromatic N) is 1. The lowest BCUT2D eigenvalue weighted by molar-refractivity contribution is -0.116. The van der Waals surface area contributed by atoms with Crippen molar-refractivity contribution >= 4 is 5.78 Å². The SMILES string of the molecule is CCOc1cccc(CCC#N)c1CC(C)=O. The van der Waals surface area contributed by atoms with E-state index in [2.05, 4.69) is 6.07 Å². The van der Waals surface area contributed by atoms with Crippen LogP contribution in [0.3, 0.4) is 0 Å². The highest BCUT2D eigenvalue weighted by molar-refractivity contribution is 5.79. The van der Waals surface area contributed by atoms with Crippen molar-refractivity contribution in [3.8, 4) is 11.8 Å². The predicted octanol–water partition coefficient (Wildman–Crippen LogP) is 2.67. The van der Waals surface area contributed by atoms with Crippen molar-refractivity contribution in [1.82, 2.24) is 0 Å². The molecule has 0 atom stereocenters. The predicted molar refractivity (Wildman–Crippen MR) is 65.9 cm³/mol. The van der Waals surface area contributed by atoms with Crippen LogP contribution in [0.15, 0.2) is 18.2 Å². The van der Waals surface area contributed by atoms with Gasteiger partial charge in [0.1, 0.15) is 11.5 Å². The first-order valence-electron chi connectivity index (χ1n) is 5.79. The molecule has 1 aromatic rings. The van der Waals surface area contributed by atoms with E-state index in [0.29, 0.717) is 25.9 Å². The van der Waals surface area contributed by atoms with E-state index in [1.165, 1.54) is 0 Å². The van der Waals surface area contributed by atoms with Crippen molar-refractivity contribution in [1.29, 1.82) is 5.26 Å². The van der Waals surface area contributed by atoms with E-state index in [0.717, 1.165) is 16.9 Å². The van der Waals surface area contributed by atoms with Gasteiger partial charge in [0, 0.05) is 18.4 Å². The van der Waals surface area contributed by atoms with Crippen LogP contribution in [0.25, 0.3) is 0 Å². The molecule has 3 nitrogen and oxygen atoms in total. The molecule has 1 rings (SSSR count). The molecule has 0 spiro atoms. The van der Waals surface area contributed by atoms with E-state index in [-0.39, 0.29) is 5.78 Å². The number of aryl methyl sites for hydroxylation is 1. The summed E-state index contributed by atoms with van der Waals surface area (Å²) in [4.78, 5) is 11.3. The molecule has 1 aromatic carbocycles. The molecule has 0 amide bonds. The summed E-state index contributed by atoms with van der Waals surface area (Å²) in [5, 5.41) is 8.62. The zero-order valence-corrected chi connectivity index (χ0v) is 10.3. The maximum absolute atomic E-state index is 11.3. The molecule has 3 heteroatoms. The molecule has 0 aliphatic heterocycles. The smallest absolute Gasteiger partial charge is 0.134 e. The Labute approximate surface area is 102 Å². The maximum Gasteiger partial charge on any atom is 0.134 e. The zero-order valence-electron chi connectivity index (χ0n) is 10.3. The van der Waals surface area contributed by atoms with Gasteiger partial charge < -0.3 is 4.74 Å². The monoisotopic (exact) mass is 231 g/mol. The topological polar surface area (TPSA) is 50.1 Å². The van der Waals surface area contributed by atoms with Crippen LogP contribution < -0.4 is 4.74 Å². The fraction of sp³-hybridized carbons (Fsp3) is 0.429. The number of ether oxygens (including phenoxy) is 1. The lowest BCUT2D eigenvalue weighted by atomic mass is 9.98. The third kappa shape index (κ3) is 3.92. The first-order valence-corrected chi connectivity index (χ1v) is 5.79. The highest BCUT2D eigenvalue weighted by Crippen LogP contribution is 2.24. The quantitative estimate of drug-likeness (QED) is 0.756. The Morgan fingerprint density at radius 3 is 2.82 bits per heavy atom. The van der Waals surface area contributed by atoms with Gasteiger partial charge in [-0.15, -0.1) is 0 Å². The highest BCUT2D eigenvalue weighted by atomic mass is 16.5. The van der Waals surface area contributed by atoms with Crippen LogP contribution in [0.2, 0.25) is 0 Å². The first-order chi connectivity index (χ1) is 8.19. The number of ketones is 1. The molecule has 0 N–H and O–H groups in total. The molecular formula is C14H17NO2. The Morgan fingerprint density at radius 2 is 2.24 bits per heavy atom. The van der Waals surface area contributed by atoms with Crippen LogP contribution in [0.1, 0.15) is 31.4 Å². The molecule has 0 heterocycles. The molecule has 17 heavy (non-hydrogen) atoms. The Kier molecular flexibility index (Phi) is 5.22. The fourth-order valence-corrected chi connectivity index (χ4v) is 1.78. The average molecular weight is 231 g/mol. The van der Waals surface area contributed by atoms with Gasteiger partial charge >= 0.3 is 0 Å². The number of rotatable bonds is 6. The summed E-state index contributed by atoms with van der Waals surface area (Å²) < 4.78 is 5.52. The molecule has 0 aliphatic carbocycles. The summed E-state index contributed by atoms with van der Waals surface area (Å²) in [6, 6.07) is 7.86. The maximum atomic E-state index is 11.3. The Balaban J connectivity index is 3.05. The normalized spacial score (nSPS) is 9.71. The van der Waals surface area contributed by atoms with Crippen LogP contribution in [0.5, 0.6) is 5.75 Å². The molecule has 0 fully saturated rings. The number of benzene rings is 1. The van der Waals surface area contributed by atoms with Gasteiger partial charge in [-0.1, -0.05) is 12.1 Å². The minimum absolute atomic E-state index is 0.107. The van der Waals surface area contributed by atoms with Crippen molar-refractivity contribution in [3.63, 3.8) is 0 Å². The van der Waals surface area contributed by atoms with Gasteiger partial charge in [-0.25, -0.2) is 0 Å². The number of hydrogen-bond acceptors (Lipinski definition) is 3. The van der Waals surface area contributed by atoms with E-state index in [9.17, 15) is 4.79 Å². The molecule has 0 unspecified atom stereocenters. The second kappa shape index (κ2) is 6.70. The molecule has 0 saturated heterocycles. The number of carbonyl (C=O) groups is 1. The number of carbonyl (C=O) groups excluding carboxylic acids is 1. The summed E-state index contributed by atoms with van der Waals surface area (Å²) in [5.74, 6) is 0.869. The summed E-state index contributed by atoms with van der Waals surface area (Å²) in [5.41, 5.74) is 1.96. The van der Waals surface area contributed by atoms with Crippen LogP contribution in [0.4, 0.5) is 0 Å². The second-order valence-corrected chi connectivity index (χ2v) is 3.86. The van der Waals surface area contributed by atoms with Crippen molar-refractivity contribution in [2.75, 3.05) is 6.61 Å². The van der Waals surface area contributed by atoms with Crippen molar-refractivity contribution in [2.45, 2.75) is 33.1 Å². The number of hydrogen-bond donors (Lipinski definition) is 0. The lowest BCUT2D eigenvalue weighted by Gasteiger charge is -2.13. The minimum atomic E-state index is 0.107. The standard InChI is InChI=1S/C14H17NO2/c1-3-17-14-8-4-6-12(7-5-9-15)13(14)10-11(2)16/h4,6,8H,3,5,7,10H2,1-2H3. The molecule has 0 aliphatic rings. The number of Topliss-reactive ketones (excluding diaryl/α,β-unsaturated/α-hetero) is 1. The molecular weight excluding hydrogens is 214 g/mol. The van der Waals surface area contributed by atoms with E-state index in [1.54, 1.807) is 6.92 Å². The number of nitriles is 1. The summed E-state index contributed by atoms with van der Waals surface area (Å²) in [6.07, 6.45) is 1.50. The van der Waals surface area contributed by atoms with Gasteiger partial charge in [0.05, 0.1) is 12.7 Å². The van der Waals surface area contributed by atoms with Gasteiger partial charge in [-0.3, -0.25) is 4.79 Å². The first kappa shape index (κ1) is 13.2. The third-order valence-corrected chi connectivity index (χ3v) is 2.46. The van der Waals surface area contributed by atoms with E-state index >= 15 is 0 Å². The highest BCUT2D eigenvalue weighted by Gasteiger charge is 2.11. The van der Waals surface area contributed by atoms with Crippen LogP contribution in [-0.4, -0.2) is 12.4 Å². The minimum Gasteiger partial charge on any atom is -0.494 e. The van der Waals surface area contributed by atoms with Gasteiger partial charge in [-0.05, 0) is 31.9 Å². The van der Waals surface area contributed by atoms with Crippen molar-refractivity contribution in [3.05, 3.63) is 29.3 Å². The van der Waals surface area contributed by atoms with Gasteiger partial charge in [0.15, 0.2) is 0 Å². The largest absolute Gasteiger partial charge is 0.494 e. The lowest BCUT2D eigenvalue weighted by Crippen LogP contribution is -2.05. The Hall–Kier alpha value is -1.82. The second-order valence-electron chi connectivity index (χ2n) is 3.86. The molecule has 0 radical (unpaired) electrons. The van der Waals surface area contributed by atoms with E-state index < -0.39 is 0 Å². The molecule has 90 valence electrons. The Bertz CT molecular complexity index is 432. The van der Waals surface area contributed by atoms with Gasteiger partial charge in [0.25, 0.3) is 0 Å². The molecule has 0 bridgehead atoms. The Morgan fingerprint density at radius 1 is 1.47 bits per heavy atom. The van der Waals surface area contributed by atoms with E-state index in [1.807, 2.05) is 25.1 Å². The van der Waals surface area contributed by atoms with Crippen molar-refractivity contribution in [2.24, 2.45) is 0 Å². The van der Waals surface area contributed by atoms with E-state index in [4.69, 9.17) is 10.00 Å². The molecule has 0 aromatic heterocycles. The van der Waals surface area contributed by atoms with Crippen LogP contribution >= 0.6 is 0 Å². The van der Waals surface area contributed by atoms with Crippen LogP contribution in [0, 0.1) is 11.3 Å². The molecule has 0 saturated carbocycles. The summed E-state index contributed by atoms with van der Waals surface area (Å²) in [6.45, 7) is 4.06. The van der Waals surface area contributed by atoms with Crippen molar-refractivity contribution < 1.29 is 9.53 Å². The zero-order chi connectivity index (χ0) is 12.7. The van der Waals surface area contributed by atoms with Crippen LogP contribution in [-0.2, 0) is 17.6 Å². The third-order valence-electron chi connectivity index (χ3n) is 2.46. The average Bonchev–Trinajstić information content (AvgIpc) is 2.29. The summed E-state index contributed by atoms with van der Waals surface area (Å²) >= 11 is 0. The summed E-state index contributed by atoms with van der Waals surface area (Å²) in [7, 11) is 0. The van der Waals surface area contributed by atoms with Gasteiger partial charge in [-0.2, -0.15) is 5.26 Å². The fourth-order valence-electron chi connectivity index (χ4n) is 1.78. The van der Waals surface area contributed by atoms with Gasteiger partial charge in [0.2, 0.25) is 0 Å².